The number of nitrogens with two attached hydrogens (primary N) is 1. The van der Waals surface area contributed by atoms with Crippen molar-refractivity contribution in [1.82, 2.24) is 25.9 Å². The van der Waals surface area contributed by atoms with E-state index in [4.69, 9.17) is 10.8 Å². The van der Waals surface area contributed by atoms with Gasteiger partial charge in [0, 0.05) is 24.7 Å². The molecule has 1 heterocycles. The maximum atomic E-state index is 13.0. The summed E-state index contributed by atoms with van der Waals surface area (Å²) in [5.41, 5.74) is 6.31. The molecule has 0 bridgehead atoms. The quantitative estimate of drug-likeness (QED) is 0.108. The number of carbonyl (C=O) groups excluding carboxylic acids is 3. The van der Waals surface area contributed by atoms with Crippen LogP contribution in [0.1, 0.15) is 31.4 Å². The number of hydrogen-bond donors (Lipinski definition) is 8. The summed E-state index contributed by atoms with van der Waals surface area (Å²) in [6.45, 7) is 0. The highest BCUT2D eigenvalue weighted by Gasteiger charge is 2.32. The molecule has 0 aliphatic carbocycles. The second-order valence-electron chi connectivity index (χ2n) is 7.72. The van der Waals surface area contributed by atoms with Crippen LogP contribution < -0.4 is 21.7 Å². The zero-order valence-corrected chi connectivity index (χ0v) is 20.2. The lowest BCUT2D eigenvalue weighted by atomic mass is 10.1. The zero-order valence-electron chi connectivity index (χ0n) is 19.4. The Bertz CT molecular complexity index is 927. The van der Waals surface area contributed by atoms with Gasteiger partial charge in [-0.3, -0.25) is 24.0 Å². The van der Waals surface area contributed by atoms with Gasteiger partial charge in [0.1, 0.15) is 18.1 Å². The van der Waals surface area contributed by atoms with Crippen molar-refractivity contribution in [3.63, 3.8) is 0 Å². The number of rotatable bonds is 17. The molecule has 3 amide bonds. The Morgan fingerprint density at radius 3 is 2.08 bits per heavy atom. The van der Waals surface area contributed by atoms with E-state index in [0.29, 0.717) is 17.9 Å². The summed E-state index contributed by atoms with van der Waals surface area (Å²) in [7, 11) is 0. The number of carboxylic acid groups (broad SMARTS) is 3. The van der Waals surface area contributed by atoms with Crippen molar-refractivity contribution in [2.24, 2.45) is 5.73 Å². The Labute approximate surface area is 210 Å². The van der Waals surface area contributed by atoms with Crippen molar-refractivity contribution in [3.05, 3.63) is 18.2 Å². The molecule has 9 N–H and O–H groups in total. The minimum atomic E-state index is -1.71. The fourth-order valence-corrected chi connectivity index (χ4v) is 3.42. The van der Waals surface area contributed by atoms with Crippen molar-refractivity contribution >= 4 is 47.4 Å². The smallest absolute Gasteiger partial charge is 0.326 e. The molecule has 15 nitrogen and oxygen atoms in total. The first-order valence-corrected chi connectivity index (χ1v) is 12.1. The highest BCUT2D eigenvalue weighted by atomic mass is 32.2. The van der Waals surface area contributed by atoms with E-state index in [1.165, 1.54) is 24.3 Å². The summed E-state index contributed by atoms with van der Waals surface area (Å²) in [4.78, 5) is 78.2. The number of aliphatic carboxylic acids is 3. The molecule has 0 saturated heterocycles. The largest absolute Gasteiger partial charge is 0.481 e. The number of H-pyrrole nitrogens is 1. The molecule has 0 aliphatic rings. The Morgan fingerprint density at radius 2 is 1.56 bits per heavy atom. The monoisotopic (exact) mass is 530 g/mol. The lowest BCUT2D eigenvalue weighted by Gasteiger charge is -2.24. The van der Waals surface area contributed by atoms with E-state index in [1.807, 2.05) is 11.6 Å². The van der Waals surface area contributed by atoms with Crippen LogP contribution in [-0.2, 0) is 35.2 Å². The molecule has 1 rings (SSSR count). The van der Waals surface area contributed by atoms with Gasteiger partial charge in [-0.25, -0.2) is 9.78 Å². The molecule has 0 aliphatic heterocycles. The van der Waals surface area contributed by atoms with Crippen LogP contribution in [0.5, 0.6) is 0 Å². The highest BCUT2D eigenvalue weighted by Crippen LogP contribution is 2.05. The summed E-state index contributed by atoms with van der Waals surface area (Å²) < 4.78 is 0. The topological polar surface area (TPSA) is 254 Å². The molecule has 36 heavy (non-hydrogen) atoms. The second-order valence-corrected chi connectivity index (χ2v) is 8.71. The molecule has 0 spiro atoms. The van der Waals surface area contributed by atoms with Crippen LogP contribution in [0.25, 0.3) is 0 Å². The van der Waals surface area contributed by atoms with E-state index in [-0.39, 0.29) is 6.42 Å². The normalized spacial score (nSPS) is 14.1. The van der Waals surface area contributed by atoms with E-state index in [9.17, 15) is 39.0 Å². The minimum absolute atomic E-state index is 0.0927. The fraction of sp³-hybridized carbons (Fsp3) is 0.550. The van der Waals surface area contributed by atoms with E-state index in [0.717, 1.165) is 0 Å². The lowest BCUT2D eigenvalue weighted by Crippen LogP contribution is -2.58. The van der Waals surface area contributed by atoms with Crippen LogP contribution in [0, 0.1) is 0 Å². The molecule has 200 valence electrons. The molecule has 0 saturated carbocycles. The molecule has 0 fully saturated rings. The van der Waals surface area contributed by atoms with E-state index < -0.39 is 79.1 Å². The zero-order chi connectivity index (χ0) is 27.3. The van der Waals surface area contributed by atoms with Crippen LogP contribution in [0.4, 0.5) is 0 Å². The summed E-state index contributed by atoms with van der Waals surface area (Å²) >= 11 is 1.48. The number of imidazole rings is 1. The fourth-order valence-electron chi connectivity index (χ4n) is 2.93. The number of aromatic amines is 1. The number of nitrogens with zero attached hydrogens (tertiary/aromatic N) is 1. The number of carboxylic acids is 3. The van der Waals surface area contributed by atoms with Gasteiger partial charge >= 0.3 is 17.9 Å². The third-order valence-corrected chi connectivity index (χ3v) is 5.50. The third-order valence-electron chi connectivity index (χ3n) is 4.85. The second kappa shape index (κ2) is 15.4. The van der Waals surface area contributed by atoms with Crippen LogP contribution in [0.3, 0.4) is 0 Å². The molecular formula is C20H30N6O9S. The van der Waals surface area contributed by atoms with Crippen molar-refractivity contribution in [3.8, 4) is 0 Å². The maximum Gasteiger partial charge on any atom is 0.326 e. The van der Waals surface area contributed by atoms with Gasteiger partial charge in [0.05, 0.1) is 18.8 Å². The Kier molecular flexibility index (Phi) is 13.0. The Balaban J connectivity index is 3.03. The van der Waals surface area contributed by atoms with E-state index >= 15 is 0 Å². The molecule has 16 heteroatoms. The summed E-state index contributed by atoms with van der Waals surface area (Å²) in [6.07, 6.45) is 2.90. The first-order valence-electron chi connectivity index (χ1n) is 10.7. The van der Waals surface area contributed by atoms with Crippen molar-refractivity contribution in [1.29, 1.82) is 0 Å². The van der Waals surface area contributed by atoms with E-state index in [1.54, 1.807) is 0 Å². The first-order chi connectivity index (χ1) is 16.9. The number of carbonyl (C=O) groups is 6. The number of nitrogens with one attached hydrogen (secondary N) is 4. The van der Waals surface area contributed by atoms with Crippen molar-refractivity contribution < 1.29 is 44.1 Å². The predicted molar refractivity (Wildman–Crippen MR) is 126 cm³/mol. The van der Waals surface area contributed by atoms with Gasteiger partial charge in [0.25, 0.3) is 0 Å². The molecule has 4 unspecified atom stereocenters. The van der Waals surface area contributed by atoms with Gasteiger partial charge in [-0.1, -0.05) is 0 Å². The van der Waals surface area contributed by atoms with Crippen LogP contribution in [0.2, 0.25) is 0 Å². The molecule has 4 atom stereocenters. The Hall–Kier alpha value is -3.66. The predicted octanol–water partition coefficient (Wildman–Crippen LogP) is -2.09. The Morgan fingerprint density at radius 1 is 0.944 bits per heavy atom. The van der Waals surface area contributed by atoms with Gasteiger partial charge in [0.2, 0.25) is 17.7 Å². The SMILES string of the molecule is CSCCC(N)C(=O)NC(Cc1cnc[nH]1)C(=O)NC(CC(=O)O)C(=O)NC(CCC(=O)O)C(=O)O. The van der Waals surface area contributed by atoms with Crippen molar-refractivity contribution in [2.75, 3.05) is 12.0 Å². The van der Waals surface area contributed by atoms with Crippen LogP contribution in [-0.4, -0.2) is 97.1 Å². The number of aromatic nitrogens is 2. The molecular weight excluding hydrogens is 500 g/mol. The van der Waals surface area contributed by atoms with Crippen molar-refractivity contribution in [2.45, 2.75) is 56.3 Å². The summed E-state index contributed by atoms with van der Waals surface area (Å²) in [5, 5.41) is 33.9. The molecule has 0 aromatic carbocycles. The molecule has 1 aromatic rings. The summed E-state index contributed by atoms with van der Waals surface area (Å²) in [5.74, 6) is -6.41. The number of amides is 3. The lowest BCUT2D eigenvalue weighted by molar-refractivity contribution is -0.144. The number of thioether (sulfide) groups is 1. The van der Waals surface area contributed by atoms with E-state index in [2.05, 4.69) is 20.6 Å². The van der Waals surface area contributed by atoms with Gasteiger partial charge in [-0.05, 0) is 24.9 Å². The van der Waals surface area contributed by atoms with Gasteiger partial charge in [-0.15, -0.1) is 0 Å². The van der Waals surface area contributed by atoms with Gasteiger partial charge in [0.15, 0.2) is 0 Å². The standard InChI is InChI=1S/C20H30N6O9S/c1-36-5-4-11(21)17(31)25-13(6-10-8-22-9-23-10)18(32)26-14(7-16(29)30)19(33)24-12(20(34)35)2-3-15(27)28/h8-9,11-14H,2-7,21H2,1H3,(H,22,23)(H,24,33)(H,25,31)(H,26,32)(H,27,28)(H,29,30)(H,34,35). The minimum Gasteiger partial charge on any atom is -0.481 e. The maximum absolute atomic E-state index is 13.0. The van der Waals surface area contributed by atoms with Gasteiger partial charge in [-0.2, -0.15) is 11.8 Å². The third kappa shape index (κ3) is 11.2. The highest BCUT2D eigenvalue weighted by molar-refractivity contribution is 7.98. The average molecular weight is 531 g/mol. The van der Waals surface area contributed by atoms with Crippen LogP contribution >= 0.6 is 11.8 Å². The summed E-state index contributed by atoms with van der Waals surface area (Å²) in [6, 6.07) is -5.53. The number of hydrogen-bond acceptors (Lipinski definition) is 9. The van der Waals surface area contributed by atoms with Gasteiger partial charge < -0.3 is 42.0 Å². The van der Waals surface area contributed by atoms with Crippen LogP contribution in [0.15, 0.2) is 12.5 Å². The molecule has 0 radical (unpaired) electrons. The average Bonchev–Trinajstić information content (AvgIpc) is 3.31. The molecule has 1 aromatic heterocycles. The first kappa shape index (κ1) is 30.4.